The number of anilines is 7. The first-order chi connectivity index (χ1) is 62.7. The van der Waals surface area contributed by atoms with Gasteiger partial charge in [0.25, 0.3) is 5.91 Å². The number of fused-ring (bicyclic) bond motifs is 1. The zero-order valence-corrected chi connectivity index (χ0v) is 72.4. The number of Topliss-reactive ketones (excluding diaryl/α,β-unsaturated/α-hetero) is 4. The molecule has 0 fully saturated rings. The minimum Gasteiger partial charge on any atom is -0.445 e. The lowest BCUT2D eigenvalue weighted by atomic mass is 9.99. The number of pyridine rings is 2. The van der Waals surface area contributed by atoms with Crippen molar-refractivity contribution in [2.24, 2.45) is 4.99 Å². The maximum Gasteiger partial charge on any atom is 0.407 e. The van der Waals surface area contributed by atoms with Gasteiger partial charge in [0.05, 0.1) is 28.5 Å². The SMILES string of the molecule is CC(=O)Cc1ccc(C(=O)Cc2ccccc2N)cc1.CC1N=c2ccccc2=C1CCCCc1ccc(/C=C/C(=O)NO)cc1.Nc1ccccc1CC(=O)c1ccc(CNC(=O)OCc2cccnc2)cc1.Nc1ccccc1CC(=O)c1ccc(CNc2nccc(-c3cccnc3)n2)cc1.Nc1ccccc1NC(=O)CCCCCCC(=O)Nc1ccccc1. The van der Waals surface area contributed by atoms with Crippen molar-refractivity contribution in [1.82, 2.24) is 30.7 Å². The lowest BCUT2D eigenvalue weighted by Crippen LogP contribution is -2.23. The third-order valence-corrected chi connectivity index (χ3v) is 20.7. The van der Waals surface area contributed by atoms with Crippen molar-refractivity contribution >= 4 is 98.7 Å². The van der Waals surface area contributed by atoms with E-state index in [0.717, 1.165) is 118 Å². The van der Waals surface area contributed by atoms with E-state index in [1.807, 2.05) is 194 Å². The molecule has 14 rings (SSSR count). The third-order valence-electron chi connectivity index (χ3n) is 20.7. The molecule has 0 aliphatic carbocycles. The average molecular weight is 1730 g/mol. The zero-order valence-electron chi connectivity index (χ0n) is 72.4. The van der Waals surface area contributed by atoms with E-state index in [2.05, 4.69) is 78.5 Å². The quantitative estimate of drug-likeness (QED) is 0.00440. The maximum atomic E-state index is 12.5. The number of unbranched alkanes of at least 4 members (excludes halogenated alkanes) is 4. The summed E-state index contributed by atoms with van der Waals surface area (Å²) in [7, 11) is 0. The van der Waals surface area contributed by atoms with Crippen molar-refractivity contribution in [2.75, 3.05) is 38.9 Å². The molecule has 0 bridgehead atoms. The van der Waals surface area contributed by atoms with E-state index in [0.29, 0.717) is 102 Å². The number of carbonyl (C=O) groups excluding carboxylic acids is 8. The van der Waals surface area contributed by atoms with Crippen LogP contribution in [-0.4, -0.2) is 78.1 Å². The molecule has 129 heavy (non-hydrogen) atoms. The summed E-state index contributed by atoms with van der Waals surface area (Å²) in [6.45, 7) is 4.76. The number of nitrogens with two attached hydrogens (primary N) is 4. The minimum absolute atomic E-state index is 0.00621. The van der Waals surface area contributed by atoms with E-state index >= 15 is 0 Å². The van der Waals surface area contributed by atoms with Gasteiger partial charge in [-0.15, -0.1) is 0 Å². The number of aromatic nitrogens is 4. The first-order valence-electron chi connectivity index (χ1n) is 42.7. The Morgan fingerprint density at radius 2 is 0.953 bits per heavy atom. The van der Waals surface area contributed by atoms with Gasteiger partial charge in [-0.2, -0.15) is 0 Å². The second-order valence-electron chi connectivity index (χ2n) is 30.6. The number of amides is 4. The molecule has 658 valence electrons. The molecule has 3 aromatic heterocycles. The second-order valence-corrected chi connectivity index (χ2v) is 30.6. The molecular formula is C105H108N14O10. The molecule has 0 spiro atoms. The van der Waals surface area contributed by atoms with E-state index in [1.165, 1.54) is 22.4 Å². The van der Waals surface area contributed by atoms with Crippen molar-refractivity contribution in [2.45, 2.75) is 129 Å². The highest BCUT2D eigenvalue weighted by Crippen LogP contribution is 2.24. The molecule has 24 heteroatoms. The fraction of sp³-hybridized carbons (Fsp3) is 0.190. The highest BCUT2D eigenvalue weighted by molar-refractivity contribution is 6.00. The molecule has 0 radical (unpaired) electrons. The first-order valence-corrected chi connectivity index (χ1v) is 42.7. The highest BCUT2D eigenvalue weighted by atomic mass is 16.5. The number of ether oxygens (including phenoxy) is 1. The molecule has 0 saturated heterocycles. The molecule has 13 aromatic rings. The minimum atomic E-state index is -0.527. The topological polar surface area (TPSA) is 394 Å². The average Bonchev–Trinajstić information content (AvgIpc) is 1.70. The van der Waals surface area contributed by atoms with Gasteiger partial charge in [0.1, 0.15) is 12.4 Å². The van der Waals surface area contributed by atoms with E-state index in [1.54, 1.807) is 104 Å². The predicted octanol–water partition coefficient (Wildman–Crippen LogP) is 17.5. The molecule has 1 atom stereocenters. The smallest absolute Gasteiger partial charge is 0.407 e. The Morgan fingerprint density at radius 1 is 0.450 bits per heavy atom. The van der Waals surface area contributed by atoms with Gasteiger partial charge in [0, 0.05) is 144 Å². The van der Waals surface area contributed by atoms with Gasteiger partial charge in [-0.3, -0.25) is 53.7 Å². The van der Waals surface area contributed by atoms with Crippen LogP contribution >= 0.6 is 0 Å². The Kier molecular flexibility index (Phi) is 38.2. The number of alkyl carbamates (subject to hydrolysis) is 1. The van der Waals surface area contributed by atoms with Crippen LogP contribution in [-0.2, 0) is 75.7 Å². The van der Waals surface area contributed by atoms with Gasteiger partial charge >= 0.3 is 6.09 Å². The van der Waals surface area contributed by atoms with E-state index in [-0.39, 0.29) is 48.0 Å². The summed E-state index contributed by atoms with van der Waals surface area (Å²) >= 11 is 0. The van der Waals surface area contributed by atoms with Crippen LogP contribution in [0.5, 0.6) is 0 Å². The fourth-order valence-electron chi connectivity index (χ4n) is 13.6. The number of para-hydroxylation sites is 7. The number of nitrogens with one attached hydrogen (secondary N) is 5. The van der Waals surface area contributed by atoms with Crippen molar-refractivity contribution < 1.29 is 48.3 Å². The Balaban J connectivity index is 0.000000169. The lowest BCUT2D eigenvalue weighted by Gasteiger charge is -2.08. The number of rotatable bonds is 35. The molecule has 0 saturated carbocycles. The van der Waals surface area contributed by atoms with Crippen LogP contribution in [0.3, 0.4) is 0 Å². The molecule has 4 amide bonds. The summed E-state index contributed by atoms with van der Waals surface area (Å²) < 4.78 is 5.13. The van der Waals surface area contributed by atoms with Crippen molar-refractivity contribution in [1.29, 1.82) is 0 Å². The molecule has 1 aliphatic rings. The number of hydrogen-bond donors (Lipinski definition) is 10. The van der Waals surface area contributed by atoms with Gasteiger partial charge in [0.15, 0.2) is 17.3 Å². The number of carbonyl (C=O) groups is 8. The monoisotopic (exact) mass is 1720 g/mol. The molecule has 14 N–H and O–H groups in total. The van der Waals surface area contributed by atoms with E-state index in [4.69, 9.17) is 37.9 Å². The Bertz CT molecular complexity index is 6010. The van der Waals surface area contributed by atoms with Crippen LogP contribution in [0.4, 0.5) is 44.9 Å². The number of hydrogen-bond acceptors (Lipinski definition) is 20. The third kappa shape index (κ3) is 33.1. The van der Waals surface area contributed by atoms with Crippen molar-refractivity contribution in [3.8, 4) is 11.3 Å². The summed E-state index contributed by atoms with van der Waals surface area (Å²) in [5.41, 5.74) is 42.5. The van der Waals surface area contributed by atoms with Crippen LogP contribution in [0.15, 0.2) is 321 Å². The standard InChI is InChI=1S/C24H21N5O.C22H21N3O3.C22H24N2O2.C20H25N3O2.C17H17NO2/c25-21-6-2-1-4-19(21)14-23(30)18-9-7-17(8-10-18)15-28-24-27-13-11-22(29-24)20-5-3-12-26-16-20;23-20-6-2-1-5-19(20)12-21(26)18-9-7-16(8-10-18)14-25-22(27)28-15-17-4-3-11-24-13-17;1-16-19(20-8-4-5-9-21(20)23-16)7-3-2-6-17-10-12-18(13-11-17)14-15-22(25)24-26;21-17-12-8-9-13-18(17)23-20(25)15-7-2-1-6-14-19(24)22-16-10-4-3-5-11-16;1-12(19)10-13-6-8-14(9-7-13)17(20)11-15-4-2-3-5-16(15)18/h1-13,16H,14-15,25H2,(H,27,28,29);1-11,13H,12,14-15,23H2,(H,25,27);4-5,8-16,26H,2-3,6-7H2,1H3,(H,24,25);3-5,8-13H,1-2,6-7,14-15,21H2,(H,22,24)(H,23,25);2-9H,10-11,18H2,1H3/b;;15-14+;;. The molecular weight excluding hydrogens is 1620 g/mol. The van der Waals surface area contributed by atoms with Crippen molar-refractivity contribution in [3.05, 3.63) is 393 Å². The van der Waals surface area contributed by atoms with Gasteiger partial charge in [-0.05, 0) is 181 Å². The summed E-state index contributed by atoms with van der Waals surface area (Å²) in [4.78, 5) is 116. The summed E-state index contributed by atoms with van der Waals surface area (Å²) in [5.74, 6) is 0.187. The Morgan fingerprint density at radius 3 is 1.50 bits per heavy atom. The number of nitrogen functional groups attached to an aromatic ring is 4. The fourth-order valence-corrected chi connectivity index (χ4v) is 13.6. The van der Waals surface area contributed by atoms with Gasteiger partial charge in [-0.1, -0.05) is 219 Å². The summed E-state index contributed by atoms with van der Waals surface area (Å²) in [6.07, 6.45) is 21.1. The van der Waals surface area contributed by atoms with Gasteiger partial charge < -0.3 is 48.9 Å². The van der Waals surface area contributed by atoms with Gasteiger partial charge in [-0.25, -0.2) is 20.2 Å². The van der Waals surface area contributed by atoms with Crippen LogP contribution in [0.2, 0.25) is 0 Å². The zero-order chi connectivity index (χ0) is 91.3. The number of ketones is 4. The summed E-state index contributed by atoms with van der Waals surface area (Å²) in [5, 5.41) is 22.5. The van der Waals surface area contributed by atoms with Crippen LogP contribution in [0, 0.1) is 0 Å². The van der Waals surface area contributed by atoms with Gasteiger partial charge in [0.2, 0.25) is 17.8 Å². The van der Waals surface area contributed by atoms with Crippen LogP contribution in [0.25, 0.3) is 22.9 Å². The van der Waals surface area contributed by atoms with Crippen molar-refractivity contribution in [3.63, 3.8) is 0 Å². The van der Waals surface area contributed by atoms with Crippen LogP contribution in [0.1, 0.15) is 153 Å². The number of hydroxylamine groups is 1. The molecule has 4 heterocycles. The number of benzene rings is 10. The number of aryl methyl sites for hydroxylation is 1. The lowest BCUT2D eigenvalue weighted by molar-refractivity contribution is -0.124. The van der Waals surface area contributed by atoms with E-state index in [9.17, 15) is 38.4 Å². The van der Waals surface area contributed by atoms with E-state index < -0.39 is 12.0 Å². The normalized spacial score (nSPS) is 11.4. The predicted molar refractivity (Wildman–Crippen MR) is 510 cm³/mol. The highest BCUT2D eigenvalue weighted by Gasteiger charge is 2.17. The number of nitrogens with zero attached hydrogens (tertiary/aromatic N) is 5. The Hall–Kier alpha value is -15.7. The molecule has 24 nitrogen and oxygen atoms in total. The first kappa shape index (κ1) is 95.5. The Labute approximate surface area is 751 Å². The summed E-state index contributed by atoms with van der Waals surface area (Å²) in [6, 6.07) is 86.8. The molecule has 1 unspecified atom stereocenters. The maximum absolute atomic E-state index is 12.5. The molecule has 1 aliphatic heterocycles. The largest absolute Gasteiger partial charge is 0.445 e. The second kappa shape index (κ2) is 51.5. The van der Waals surface area contributed by atoms with Crippen LogP contribution < -0.4 is 60.3 Å². The molecule has 10 aromatic carbocycles.